The van der Waals surface area contributed by atoms with Gasteiger partial charge in [-0.1, -0.05) is 24.6 Å². The summed E-state index contributed by atoms with van der Waals surface area (Å²) in [5, 5.41) is 13.2. The quantitative estimate of drug-likeness (QED) is 0.735. The number of β-amino-alcohol motifs (C(OH)–C–C–N with tert-alkyl or cyclic N) is 1. The van der Waals surface area contributed by atoms with E-state index in [0.717, 1.165) is 44.7 Å². The Morgan fingerprint density at radius 1 is 1.32 bits per heavy atom. The van der Waals surface area contributed by atoms with Gasteiger partial charge in [-0.05, 0) is 31.0 Å². The second kappa shape index (κ2) is 9.52. The Morgan fingerprint density at radius 3 is 2.71 bits per heavy atom. The number of nitrogens with one attached hydrogen (secondary N) is 1. The molecule has 0 radical (unpaired) electrons. The molecule has 1 fully saturated rings. The number of hydrogen-bond donors (Lipinski definition) is 2. The summed E-state index contributed by atoms with van der Waals surface area (Å²) in [5.41, 5.74) is 1.82. The minimum Gasteiger partial charge on any atom is -0.447 e. The van der Waals surface area contributed by atoms with E-state index in [1.807, 2.05) is 19.9 Å². The molecule has 2 heterocycles. The van der Waals surface area contributed by atoms with Crippen LogP contribution in [0.3, 0.4) is 0 Å². The molecule has 1 unspecified atom stereocenters. The first kappa shape index (κ1) is 20.8. The first-order chi connectivity index (χ1) is 13.4. The van der Waals surface area contributed by atoms with Gasteiger partial charge in [0.05, 0.1) is 12.6 Å². The van der Waals surface area contributed by atoms with Gasteiger partial charge < -0.3 is 14.8 Å². The Morgan fingerprint density at radius 2 is 2.04 bits per heavy atom. The fourth-order valence-corrected chi connectivity index (χ4v) is 3.28. The summed E-state index contributed by atoms with van der Waals surface area (Å²) < 4.78 is 5.48. The van der Waals surface area contributed by atoms with Gasteiger partial charge in [0.15, 0.2) is 5.69 Å². The standard InChI is InChI=1S/C20H27ClN4O3/c1-3-16(26)11-24-6-8-25(9-7-24)12-19-23-18(13-28-19)20(27)22-15-5-4-14(2)17(21)10-15/h4-5,10,13,16,26H,3,6-9,11-12H2,1-2H3,(H,22,27). The van der Waals surface area contributed by atoms with E-state index in [1.54, 1.807) is 12.1 Å². The number of aryl methyl sites for hydroxylation is 1. The van der Waals surface area contributed by atoms with Gasteiger partial charge >= 0.3 is 0 Å². The van der Waals surface area contributed by atoms with Crippen molar-refractivity contribution < 1.29 is 14.3 Å². The van der Waals surface area contributed by atoms with Gasteiger partial charge in [0.25, 0.3) is 5.91 Å². The second-order valence-corrected chi connectivity index (χ2v) is 7.59. The summed E-state index contributed by atoms with van der Waals surface area (Å²) in [6.07, 6.45) is 1.90. The smallest absolute Gasteiger partial charge is 0.277 e. The van der Waals surface area contributed by atoms with Crippen molar-refractivity contribution in [3.05, 3.63) is 46.6 Å². The largest absolute Gasteiger partial charge is 0.447 e. The molecule has 0 bridgehead atoms. The lowest BCUT2D eigenvalue weighted by molar-refractivity contribution is 0.0658. The SMILES string of the molecule is CCC(O)CN1CCN(Cc2nc(C(=O)Nc3ccc(C)c(Cl)c3)co2)CC1. The maximum atomic E-state index is 12.4. The summed E-state index contributed by atoms with van der Waals surface area (Å²) >= 11 is 6.09. The average Bonchev–Trinajstić information content (AvgIpc) is 3.15. The normalized spacial score (nSPS) is 16.9. The number of anilines is 1. The van der Waals surface area contributed by atoms with Crippen LogP contribution >= 0.6 is 11.6 Å². The Hall–Kier alpha value is -1.93. The molecule has 2 aromatic rings. The van der Waals surface area contributed by atoms with Gasteiger partial charge in [-0.3, -0.25) is 14.6 Å². The lowest BCUT2D eigenvalue weighted by Gasteiger charge is -2.34. The number of benzene rings is 1. The average molecular weight is 407 g/mol. The highest BCUT2D eigenvalue weighted by molar-refractivity contribution is 6.31. The molecule has 0 aliphatic carbocycles. The molecule has 1 aromatic heterocycles. The number of carbonyl (C=O) groups is 1. The van der Waals surface area contributed by atoms with Crippen molar-refractivity contribution in [1.82, 2.24) is 14.8 Å². The van der Waals surface area contributed by atoms with E-state index in [0.29, 0.717) is 23.1 Å². The van der Waals surface area contributed by atoms with Crippen LogP contribution in [0.25, 0.3) is 0 Å². The minimum atomic E-state index is -0.326. The van der Waals surface area contributed by atoms with Crippen LogP contribution in [0.1, 0.15) is 35.3 Å². The first-order valence-electron chi connectivity index (χ1n) is 9.59. The molecular weight excluding hydrogens is 380 g/mol. The summed E-state index contributed by atoms with van der Waals surface area (Å²) in [7, 11) is 0. The van der Waals surface area contributed by atoms with Crippen LogP contribution in [0.5, 0.6) is 0 Å². The lowest BCUT2D eigenvalue weighted by atomic mass is 10.2. The summed E-state index contributed by atoms with van der Waals surface area (Å²) in [6, 6.07) is 5.37. The lowest BCUT2D eigenvalue weighted by Crippen LogP contribution is -2.48. The topological polar surface area (TPSA) is 81.8 Å². The Bertz CT molecular complexity index is 802. The number of hydrogen-bond acceptors (Lipinski definition) is 6. The van der Waals surface area contributed by atoms with Crippen LogP contribution in [-0.2, 0) is 6.54 Å². The summed E-state index contributed by atoms with van der Waals surface area (Å²) in [4.78, 5) is 21.2. The van der Waals surface area contributed by atoms with Gasteiger partial charge in [-0.15, -0.1) is 0 Å². The number of aliphatic hydroxyl groups is 1. The van der Waals surface area contributed by atoms with Crippen LogP contribution in [-0.4, -0.2) is 64.6 Å². The molecule has 152 valence electrons. The van der Waals surface area contributed by atoms with Crippen molar-refractivity contribution in [2.45, 2.75) is 32.9 Å². The third-order valence-corrected chi connectivity index (χ3v) is 5.39. The Labute approximate surface area is 170 Å². The molecule has 7 nitrogen and oxygen atoms in total. The van der Waals surface area contributed by atoms with Crippen molar-refractivity contribution in [1.29, 1.82) is 0 Å². The highest BCUT2D eigenvalue weighted by Crippen LogP contribution is 2.20. The third-order valence-electron chi connectivity index (χ3n) is 4.98. The molecular formula is C20H27ClN4O3. The van der Waals surface area contributed by atoms with Gasteiger partial charge in [0, 0.05) is 43.4 Å². The zero-order valence-electron chi connectivity index (χ0n) is 16.3. The molecule has 0 saturated carbocycles. The number of halogens is 1. The van der Waals surface area contributed by atoms with Crippen molar-refractivity contribution in [2.24, 2.45) is 0 Å². The maximum Gasteiger partial charge on any atom is 0.277 e. The third kappa shape index (κ3) is 5.54. The van der Waals surface area contributed by atoms with Crippen LogP contribution in [0, 0.1) is 6.92 Å². The van der Waals surface area contributed by atoms with Gasteiger partial charge in [0.1, 0.15) is 6.26 Å². The van der Waals surface area contributed by atoms with E-state index in [1.165, 1.54) is 6.26 Å². The number of piperazine rings is 1. The van der Waals surface area contributed by atoms with E-state index in [9.17, 15) is 9.90 Å². The van der Waals surface area contributed by atoms with Crippen molar-refractivity contribution in [3.8, 4) is 0 Å². The van der Waals surface area contributed by atoms with E-state index in [-0.39, 0.29) is 17.7 Å². The van der Waals surface area contributed by atoms with E-state index >= 15 is 0 Å². The van der Waals surface area contributed by atoms with E-state index < -0.39 is 0 Å². The van der Waals surface area contributed by atoms with Crippen LogP contribution < -0.4 is 5.32 Å². The van der Waals surface area contributed by atoms with E-state index in [4.69, 9.17) is 16.0 Å². The zero-order chi connectivity index (χ0) is 20.1. The molecule has 0 spiro atoms. The predicted octanol–water partition coefficient (Wildman–Crippen LogP) is 2.78. The zero-order valence-corrected chi connectivity index (χ0v) is 17.1. The molecule has 1 aromatic carbocycles. The molecule has 1 saturated heterocycles. The molecule has 1 aliphatic heterocycles. The van der Waals surface area contributed by atoms with Gasteiger partial charge in [-0.2, -0.15) is 0 Å². The number of carbonyl (C=O) groups excluding carboxylic acids is 1. The number of aromatic nitrogens is 1. The van der Waals surface area contributed by atoms with Crippen molar-refractivity contribution in [2.75, 3.05) is 38.0 Å². The molecule has 28 heavy (non-hydrogen) atoms. The van der Waals surface area contributed by atoms with Crippen LogP contribution in [0.4, 0.5) is 5.69 Å². The molecule has 1 amide bonds. The molecule has 8 heteroatoms. The molecule has 1 atom stereocenters. The number of oxazole rings is 1. The van der Waals surface area contributed by atoms with Crippen molar-refractivity contribution >= 4 is 23.2 Å². The van der Waals surface area contributed by atoms with Crippen LogP contribution in [0.15, 0.2) is 28.9 Å². The van der Waals surface area contributed by atoms with Gasteiger partial charge in [0.2, 0.25) is 5.89 Å². The van der Waals surface area contributed by atoms with Crippen LogP contribution in [0.2, 0.25) is 5.02 Å². The predicted molar refractivity (Wildman–Crippen MR) is 109 cm³/mol. The summed E-state index contributed by atoms with van der Waals surface area (Å²) in [6.45, 7) is 8.74. The number of rotatable bonds is 7. The fourth-order valence-electron chi connectivity index (χ4n) is 3.10. The van der Waals surface area contributed by atoms with Crippen molar-refractivity contribution in [3.63, 3.8) is 0 Å². The number of amides is 1. The monoisotopic (exact) mass is 406 g/mol. The van der Waals surface area contributed by atoms with E-state index in [2.05, 4.69) is 20.1 Å². The second-order valence-electron chi connectivity index (χ2n) is 7.18. The maximum absolute atomic E-state index is 12.4. The fraction of sp³-hybridized carbons (Fsp3) is 0.500. The Kier molecular flexibility index (Phi) is 7.07. The molecule has 3 rings (SSSR count). The minimum absolute atomic E-state index is 0.247. The van der Waals surface area contributed by atoms with Gasteiger partial charge in [-0.25, -0.2) is 4.98 Å². The Balaban J connectivity index is 1.50. The first-order valence-corrected chi connectivity index (χ1v) is 9.97. The number of nitrogens with zero attached hydrogens (tertiary/aromatic N) is 3. The summed E-state index contributed by atoms with van der Waals surface area (Å²) in [5.74, 6) is 0.197. The number of aliphatic hydroxyl groups excluding tert-OH is 1. The molecule has 2 N–H and O–H groups in total. The highest BCUT2D eigenvalue weighted by Gasteiger charge is 2.21. The highest BCUT2D eigenvalue weighted by atomic mass is 35.5. The molecule has 1 aliphatic rings.